The Hall–Kier alpha value is -3.96. The number of carbonyl (C=O) groups excluding carboxylic acids is 2. The molecule has 2 amide bonds. The van der Waals surface area contributed by atoms with Gasteiger partial charge in [-0.25, -0.2) is 14.4 Å². The highest BCUT2D eigenvalue weighted by Gasteiger charge is 2.47. The molecule has 1 unspecified atom stereocenters. The van der Waals surface area contributed by atoms with Gasteiger partial charge in [0.1, 0.15) is 35.2 Å². The van der Waals surface area contributed by atoms with Crippen LogP contribution in [0.3, 0.4) is 0 Å². The Kier molecular flexibility index (Phi) is 5.75. The van der Waals surface area contributed by atoms with Crippen LogP contribution < -0.4 is 15.8 Å². The third kappa shape index (κ3) is 4.18. The van der Waals surface area contributed by atoms with Crippen molar-refractivity contribution in [1.29, 1.82) is 0 Å². The number of H-pyrrole nitrogens is 1. The molecule has 0 radical (unpaired) electrons. The monoisotopic (exact) mass is 477 g/mol. The van der Waals surface area contributed by atoms with Crippen molar-refractivity contribution in [2.45, 2.75) is 24.4 Å². The number of hydrogen-bond donors (Lipinski definition) is 3. The lowest BCUT2D eigenvalue weighted by atomic mass is 9.82. The van der Waals surface area contributed by atoms with E-state index in [1.807, 2.05) is 0 Å². The van der Waals surface area contributed by atoms with Gasteiger partial charge < -0.3 is 20.8 Å². The van der Waals surface area contributed by atoms with Crippen LogP contribution in [0.1, 0.15) is 34.7 Å². The summed E-state index contributed by atoms with van der Waals surface area (Å²) in [5.74, 6) is -4.45. The molecule has 0 spiro atoms. The Balaban J connectivity index is 1.81. The van der Waals surface area contributed by atoms with E-state index in [4.69, 9.17) is 10.5 Å². The molecule has 34 heavy (non-hydrogen) atoms. The van der Waals surface area contributed by atoms with Gasteiger partial charge in [0.2, 0.25) is 5.91 Å². The van der Waals surface area contributed by atoms with Crippen LogP contribution >= 0.6 is 0 Å². The fraction of sp³-hybridized carbons (Fsp3) is 0.273. The Morgan fingerprint density at radius 1 is 1.29 bits per heavy atom. The molecule has 1 aliphatic heterocycles. The number of benzene rings is 1. The Morgan fingerprint density at radius 3 is 2.59 bits per heavy atom. The number of aromatic nitrogens is 3. The number of aromatic amines is 1. The van der Waals surface area contributed by atoms with Gasteiger partial charge in [-0.1, -0.05) is 0 Å². The van der Waals surface area contributed by atoms with Crippen LogP contribution in [-0.2, 0) is 10.2 Å². The fourth-order valence-electron chi connectivity index (χ4n) is 3.65. The van der Waals surface area contributed by atoms with Gasteiger partial charge in [0, 0.05) is 30.1 Å². The number of imidazole rings is 1. The molecule has 2 aromatic heterocycles. The van der Waals surface area contributed by atoms with Crippen LogP contribution in [0.5, 0.6) is 5.75 Å². The van der Waals surface area contributed by atoms with E-state index in [9.17, 15) is 27.2 Å². The molecule has 2 atom stereocenters. The average Bonchev–Trinajstić information content (AvgIpc) is 3.43. The van der Waals surface area contributed by atoms with Crippen molar-refractivity contribution in [3.05, 3.63) is 65.6 Å². The minimum absolute atomic E-state index is 0.00378. The summed E-state index contributed by atoms with van der Waals surface area (Å²) in [4.78, 5) is 34.8. The summed E-state index contributed by atoms with van der Waals surface area (Å²) in [7, 11) is 0. The largest absolute Gasteiger partial charge is 0.489 e. The summed E-state index contributed by atoms with van der Waals surface area (Å²) in [5.41, 5.74) is 4.10. The van der Waals surface area contributed by atoms with Crippen molar-refractivity contribution in [2.24, 2.45) is 5.73 Å². The maximum Gasteiger partial charge on any atom is 0.398 e. The van der Waals surface area contributed by atoms with E-state index in [-0.39, 0.29) is 35.0 Å². The lowest BCUT2D eigenvalue weighted by molar-refractivity contribution is -0.149. The smallest absolute Gasteiger partial charge is 0.398 e. The SMILES string of the molecule is C[C@]1(C(N)=O)COc2c1cc(C(CNC(=O)c1ncc[nH]1)C(F)(F)F)nc2-c1ccc(F)cc1. The topological polar surface area (TPSA) is 123 Å². The van der Waals surface area contributed by atoms with Crippen LogP contribution in [0.4, 0.5) is 17.6 Å². The van der Waals surface area contributed by atoms with E-state index in [1.165, 1.54) is 31.5 Å². The van der Waals surface area contributed by atoms with Gasteiger partial charge >= 0.3 is 6.18 Å². The summed E-state index contributed by atoms with van der Waals surface area (Å²) in [6.07, 6.45) is -2.16. The van der Waals surface area contributed by atoms with Crippen molar-refractivity contribution in [3.8, 4) is 17.0 Å². The zero-order valence-corrected chi connectivity index (χ0v) is 17.7. The molecule has 4 rings (SSSR count). The molecular formula is C22H19F4N5O3. The molecule has 3 heterocycles. The number of amides is 2. The number of nitrogens with two attached hydrogens (primary N) is 1. The predicted molar refractivity (Wildman–Crippen MR) is 111 cm³/mol. The molecule has 1 aromatic carbocycles. The number of primary amides is 1. The summed E-state index contributed by atoms with van der Waals surface area (Å²) >= 11 is 0. The maximum atomic E-state index is 14.1. The van der Waals surface area contributed by atoms with Crippen molar-refractivity contribution >= 4 is 11.8 Å². The molecule has 1 aliphatic rings. The van der Waals surface area contributed by atoms with Crippen LogP contribution in [0, 0.1) is 5.82 Å². The minimum atomic E-state index is -4.81. The van der Waals surface area contributed by atoms with Crippen LogP contribution in [0.2, 0.25) is 0 Å². The van der Waals surface area contributed by atoms with Gasteiger partial charge in [-0.05, 0) is 37.3 Å². The quantitative estimate of drug-likeness (QED) is 0.471. The molecule has 4 N–H and O–H groups in total. The van der Waals surface area contributed by atoms with Crippen molar-refractivity contribution in [1.82, 2.24) is 20.3 Å². The maximum absolute atomic E-state index is 14.1. The number of halogens is 4. The number of hydrogen-bond acceptors (Lipinski definition) is 5. The first-order valence-electron chi connectivity index (χ1n) is 10.1. The number of pyridine rings is 1. The van der Waals surface area contributed by atoms with Gasteiger partial charge in [0.05, 0.1) is 5.69 Å². The fourth-order valence-corrected chi connectivity index (χ4v) is 3.65. The zero-order valence-electron chi connectivity index (χ0n) is 17.7. The molecule has 12 heteroatoms. The molecule has 0 fully saturated rings. The van der Waals surface area contributed by atoms with E-state index >= 15 is 0 Å². The van der Waals surface area contributed by atoms with E-state index in [0.29, 0.717) is 0 Å². The Morgan fingerprint density at radius 2 is 2.00 bits per heavy atom. The van der Waals surface area contributed by atoms with E-state index in [1.54, 1.807) is 0 Å². The molecule has 8 nitrogen and oxygen atoms in total. The van der Waals surface area contributed by atoms with Crippen molar-refractivity contribution < 1.29 is 31.9 Å². The number of rotatable bonds is 6. The minimum Gasteiger partial charge on any atom is -0.489 e. The van der Waals surface area contributed by atoms with Crippen LogP contribution in [-0.4, -0.2) is 46.1 Å². The second kappa shape index (κ2) is 8.43. The van der Waals surface area contributed by atoms with Gasteiger partial charge in [0.25, 0.3) is 5.91 Å². The Bertz CT molecular complexity index is 1230. The van der Waals surface area contributed by atoms with Crippen LogP contribution in [0.15, 0.2) is 42.7 Å². The average molecular weight is 477 g/mol. The summed E-state index contributed by atoms with van der Waals surface area (Å²) in [5, 5.41) is 2.20. The zero-order chi connectivity index (χ0) is 24.7. The molecule has 178 valence electrons. The molecule has 0 saturated heterocycles. The van der Waals surface area contributed by atoms with E-state index in [0.717, 1.165) is 18.2 Å². The van der Waals surface area contributed by atoms with E-state index < -0.39 is 47.4 Å². The number of ether oxygens (including phenoxy) is 1. The molecule has 3 aromatic rings. The molecule has 0 bridgehead atoms. The normalized spacial score (nSPS) is 18.1. The number of alkyl halides is 3. The highest BCUT2D eigenvalue weighted by atomic mass is 19.4. The number of nitrogens with zero attached hydrogens (tertiary/aromatic N) is 2. The van der Waals surface area contributed by atoms with Gasteiger partial charge in [0.15, 0.2) is 5.82 Å². The highest BCUT2D eigenvalue weighted by Crippen LogP contribution is 2.46. The van der Waals surface area contributed by atoms with Crippen molar-refractivity contribution in [3.63, 3.8) is 0 Å². The highest BCUT2D eigenvalue weighted by molar-refractivity contribution is 5.91. The van der Waals surface area contributed by atoms with Crippen LogP contribution in [0.25, 0.3) is 11.3 Å². The molecule has 0 aliphatic carbocycles. The van der Waals surface area contributed by atoms with Gasteiger partial charge in [-0.2, -0.15) is 13.2 Å². The lowest BCUT2D eigenvalue weighted by Gasteiger charge is -2.23. The third-order valence-corrected chi connectivity index (χ3v) is 5.69. The number of fused-ring (bicyclic) bond motifs is 1. The standard InChI is InChI=1S/C22H19F4N5O3/c1-21(20(27)33)10-34-17-13(21)8-15(31-16(17)11-2-4-12(23)5-3-11)14(22(24,25)26)9-30-19(32)18-28-6-7-29-18/h2-8,14H,9-10H2,1H3,(H2,27,33)(H,28,29)(H,30,32)/t14?,21-/m0/s1. The predicted octanol–water partition coefficient (Wildman–Crippen LogP) is 2.82. The first kappa shape index (κ1) is 23.2. The van der Waals surface area contributed by atoms with Gasteiger partial charge in [-0.15, -0.1) is 0 Å². The third-order valence-electron chi connectivity index (χ3n) is 5.69. The van der Waals surface area contributed by atoms with E-state index in [2.05, 4.69) is 20.3 Å². The van der Waals surface area contributed by atoms with Gasteiger partial charge in [-0.3, -0.25) is 9.59 Å². The summed E-state index contributed by atoms with van der Waals surface area (Å²) < 4.78 is 61.4. The second-order valence-corrected chi connectivity index (χ2v) is 8.01. The number of nitrogens with one attached hydrogen (secondary N) is 2. The lowest BCUT2D eigenvalue weighted by Crippen LogP contribution is -2.40. The first-order valence-corrected chi connectivity index (χ1v) is 10.1. The summed E-state index contributed by atoms with van der Waals surface area (Å²) in [6.45, 7) is 0.426. The Labute approximate surface area is 190 Å². The summed E-state index contributed by atoms with van der Waals surface area (Å²) in [6, 6.07) is 6.06. The molecular weight excluding hydrogens is 458 g/mol. The second-order valence-electron chi connectivity index (χ2n) is 8.01. The van der Waals surface area contributed by atoms with Crippen molar-refractivity contribution in [2.75, 3.05) is 13.2 Å². The molecule has 0 saturated carbocycles. The first-order chi connectivity index (χ1) is 16.0. The number of carbonyl (C=O) groups is 2.